The van der Waals surface area contributed by atoms with Gasteiger partial charge in [-0.1, -0.05) is 24.3 Å². The highest BCUT2D eigenvalue weighted by atomic mass is 16.4. The Bertz CT molecular complexity index is 461. The lowest BCUT2D eigenvalue weighted by Gasteiger charge is -2.10. The van der Waals surface area contributed by atoms with E-state index in [1.54, 1.807) is 6.92 Å². The maximum atomic E-state index is 11.5. The molecule has 0 spiro atoms. The quantitative estimate of drug-likeness (QED) is 0.884. The van der Waals surface area contributed by atoms with Crippen molar-refractivity contribution in [1.82, 2.24) is 0 Å². The van der Waals surface area contributed by atoms with Gasteiger partial charge in [-0.05, 0) is 43.7 Å². The Morgan fingerprint density at radius 2 is 2.05 bits per heavy atom. The van der Waals surface area contributed by atoms with Crippen molar-refractivity contribution in [3.63, 3.8) is 0 Å². The Kier molecular flexibility index (Phi) is 4.35. The fourth-order valence-electron chi connectivity index (χ4n) is 2.65. The van der Waals surface area contributed by atoms with E-state index in [4.69, 9.17) is 5.11 Å². The number of hydrogen-bond donors (Lipinski definition) is 1. The van der Waals surface area contributed by atoms with Gasteiger partial charge < -0.3 is 5.11 Å². The highest BCUT2D eigenvalue weighted by molar-refractivity contribution is 5.82. The normalized spacial score (nSPS) is 20.5. The van der Waals surface area contributed by atoms with Crippen LogP contribution in [0.3, 0.4) is 0 Å². The molecule has 3 nitrogen and oxygen atoms in total. The zero-order valence-electron chi connectivity index (χ0n) is 11.3. The molecule has 0 aromatic heterocycles. The number of aryl methyl sites for hydroxylation is 1. The monoisotopic (exact) mass is 260 g/mol. The average molecular weight is 260 g/mol. The minimum Gasteiger partial charge on any atom is -0.481 e. The first-order valence-corrected chi connectivity index (χ1v) is 6.92. The van der Waals surface area contributed by atoms with Gasteiger partial charge in [0.15, 0.2) is 0 Å². The molecule has 1 aliphatic carbocycles. The molecule has 0 heterocycles. The Morgan fingerprint density at radius 1 is 1.37 bits per heavy atom. The molecule has 2 atom stereocenters. The molecular formula is C16H20O3. The fraction of sp³-hybridized carbons (Fsp3) is 0.500. The van der Waals surface area contributed by atoms with Crippen molar-refractivity contribution in [2.75, 3.05) is 0 Å². The second kappa shape index (κ2) is 6.00. The van der Waals surface area contributed by atoms with Gasteiger partial charge in [-0.15, -0.1) is 0 Å². The summed E-state index contributed by atoms with van der Waals surface area (Å²) >= 11 is 0. The van der Waals surface area contributed by atoms with Crippen molar-refractivity contribution in [2.24, 2.45) is 5.92 Å². The van der Waals surface area contributed by atoms with Crippen LogP contribution in [-0.4, -0.2) is 16.9 Å². The number of aliphatic carboxylic acids is 1. The van der Waals surface area contributed by atoms with E-state index in [9.17, 15) is 9.59 Å². The highest BCUT2D eigenvalue weighted by Crippen LogP contribution is 2.26. The lowest BCUT2D eigenvalue weighted by molar-refractivity contribution is -0.138. The molecule has 0 radical (unpaired) electrons. The number of carbonyl (C=O) groups is 2. The van der Waals surface area contributed by atoms with Crippen LogP contribution in [0.4, 0.5) is 0 Å². The summed E-state index contributed by atoms with van der Waals surface area (Å²) in [4.78, 5) is 22.4. The van der Waals surface area contributed by atoms with Crippen LogP contribution in [0, 0.1) is 5.92 Å². The molecule has 1 aromatic rings. The van der Waals surface area contributed by atoms with Gasteiger partial charge >= 0.3 is 5.97 Å². The van der Waals surface area contributed by atoms with E-state index in [0.717, 1.165) is 37.7 Å². The zero-order valence-corrected chi connectivity index (χ0v) is 11.3. The van der Waals surface area contributed by atoms with E-state index >= 15 is 0 Å². The van der Waals surface area contributed by atoms with Gasteiger partial charge in [-0.3, -0.25) is 9.59 Å². The lowest BCUT2D eigenvalue weighted by atomic mass is 9.95. The summed E-state index contributed by atoms with van der Waals surface area (Å²) in [5, 5.41) is 8.94. The number of rotatable bonds is 5. The zero-order chi connectivity index (χ0) is 13.8. The van der Waals surface area contributed by atoms with Gasteiger partial charge in [-0.2, -0.15) is 0 Å². The molecule has 1 fully saturated rings. The topological polar surface area (TPSA) is 54.4 Å². The van der Waals surface area contributed by atoms with Crippen molar-refractivity contribution in [3.8, 4) is 0 Å². The van der Waals surface area contributed by atoms with Crippen LogP contribution in [0.25, 0.3) is 0 Å². The third kappa shape index (κ3) is 3.43. The Hall–Kier alpha value is -1.64. The van der Waals surface area contributed by atoms with E-state index in [1.807, 2.05) is 24.3 Å². The van der Waals surface area contributed by atoms with E-state index in [-0.39, 0.29) is 5.92 Å². The summed E-state index contributed by atoms with van der Waals surface area (Å²) in [6.07, 6.45) is 4.65. The molecule has 0 saturated heterocycles. The lowest BCUT2D eigenvalue weighted by Crippen LogP contribution is -2.08. The summed E-state index contributed by atoms with van der Waals surface area (Å²) in [6.45, 7) is 1.69. The number of carboxylic acids is 1. The number of carboxylic acid groups (broad SMARTS) is 1. The van der Waals surface area contributed by atoms with Gasteiger partial charge in [0, 0.05) is 12.3 Å². The Labute approximate surface area is 113 Å². The Balaban J connectivity index is 1.91. The molecular weight excluding hydrogens is 240 g/mol. The number of Topliss-reactive ketones (excluding diaryl/α,β-unsaturated/α-hetero) is 1. The van der Waals surface area contributed by atoms with Crippen LogP contribution in [0.5, 0.6) is 0 Å². The number of benzene rings is 1. The first-order chi connectivity index (χ1) is 9.08. The number of ketones is 1. The van der Waals surface area contributed by atoms with Crippen LogP contribution in [0.15, 0.2) is 24.3 Å². The van der Waals surface area contributed by atoms with E-state index in [0.29, 0.717) is 5.78 Å². The minimum absolute atomic E-state index is 0.248. The molecule has 0 aliphatic heterocycles. The number of hydrogen-bond acceptors (Lipinski definition) is 2. The summed E-state index contributed by atoms with van der Waals surface area (Å²) in [5.74, 6) is -0.608. The molecule has 1 N–H and O–H groups in total. The minimum atomic E-state index is -0.802. The third-order valence-electron chi connectivity index (χ3n) is 4.06. The molecule has 2 rings (SSSR count). The molecule has 1 aromatic carbocycles. The van der Waals surface area contributed by atoms with Crippen LogP contribution < -0.4 is 0 Å². The molecule has 102 valence electrons. The van der Waals surface area contributed by atoms with Crippen molar-refractivity contribution in [1.29, 1.82) is 0 Å². The second-order valence-corrected chi connectivity index (χ2v) is 5.40. The summed E-state index contributed by atoms with van der Waals surface area (Å²) in [5.41, 5.74) is 2.01. The van der Waals surface area contributed by atoms with Crippen LogP contribution in [0.2, 0.25) is 0 Å². The smallest absolute Gasteiger partial charge is 0.310 e. The van der Waals surface area contributed by atoms with Gasteiger partial charge in [0.05, 0.1) is 5.92 Å². The molecule has 1 saturated carbocycles. The van der Waals surface area contributed by atoms with Gasteiger partial charge in [0.2, 0.25) is 0 Å². The van der Waals surface area contributed by atoms with Crippen molar-refractivity contribution < 1.29 is 14.7 Å². The molecule has 0 bridgehead atoms. The first kappa shape index (κ1) is 13.8. The average Bonchev–Trinajstić information content (AvgIpc) is 2.81. The van der Waals surface area contributed by atoms with Crippen LogP contribution in [-0.2, 0) is 16.0 Å². The maximum Gasteiger partial charge on any atom is 0.310 e. The molecule has 19 heavy (non-hydrogen) atoms. The van der Waals surface area contributed by atoms with Gasteiger partial charge in [0.1, 0.15) is 5.78 Å². The maximum absolute atomic E-state index is 11.5. The van der Waals surface area contributed by atoms with Gasteiger partial charge in [-0.25, -0.2) is 0 Å². The predicted molar refractivity (Wildman–Crippen MR) is 73.2 cm³/mol. The van der Waals surface area contributed by atoms with E-state index in [1.165, 1.54) is 5.56 Å². The summed E-state index contributed by atoms with van der Waals surface area (Å²) in [7, 11) is 0. The Morgan fingerprint density at radius 3 is 2.58 bits per heavy atom. The fourth-order valence-corrected chi connectivity index (χ4v) is 2.65. The van der Waals surface area contributed by atoms with Crippen molar-refractivity contribution in [2.45, 2.75) is 44.9 Å². The van der Waals surface area contributed by atoms with E-state index < -0.39 is 11.9 Å². The molecule has 1 aliphatic rings. The van der Waals surface area contributed by atoms with Crippen LogP contribution >= 0.6 is 0 Å². The SMILES string of the molecule is CC(C(=O)O)c1ccc(CCC2CCCC2=O)cc1. The standard InChI is InChI=1S/C16H20O3/c1-11(16(18)19)13-8-5-12(6-9-13)7-10-14-3-2-4-15(14)17/h5-6,8-9,11,14H,2-4,7,10H2,1H3,(H,18,19). The van der Waals surface area contributed by atoms with Crippen molar-refractivity contribution >= 4 is 11.8 Å². The van der Waals surface area contributed by atoms with E-state index in [2.05, 4.69) is 0 Å². The van der Waals surface area contributed by atoms with Crippen LogP contribution in [0.1, 0.15) is 49.7 Å². The molecule has 2 unspecified atom stereocenters. The number of carbonyl (C=O) groups excluding carboxylic acids is 1. The largest absolute Gasteiger partial charge is 0.481 e. The van der Waals surface area contributed by atoms with Gasteiger partial charge in [0.25, 0.3) is 0 Å². The van der Waals surface area contributed by atoms with Crippen molar-refractivity contribution in [3.05, 3.63) is 35.4 Å². The molecule has 0 amide bonds. The first-order valence-electron chi connectivity index (χ1n) is 6.92. The predicted octanol–water partition coefficient (Wildman–Crippen LogP) is 3.18. The summed E-state index contributed by atoms with van der Waals surface area (Å²) in [6, 6.07) is 7.72. The molecule has 3 heteroatoms. The highest BCUT2D eigenvalue weighted by Gasteiger charge is 2.23. The summed E-state index contributed by atoms with van der Waals surface area (Å²) < 4.78 is 0. The second-order valence-electron chi connectivity index (χ2n) is 5.40. The third-order valence-corrected chi connectivity index (χ3v) is 4.06.